The number of nitro groups is 1. The SMILES string of the molecule is COCCCCNS(=O)(=O)c1ccc([N+](=O)[O-])cc1N. The molecule has 1 aromatic rings. The molecule has 0 aliphatic rings. The van der Waals surface area contributed by atoms with Gasteiger partial charge in [-0.05, 0) is 18.9 Å². The van der Waals surface area contributed by atoms with Crippen LogP contribution in [0.4, 0.5) is 11.4 Å². The zero-order valence-corrected chi connectivity index (χ0v) is 11.9. The van der Waals surface area contributed by atoms with Crippen molar-refractivity contribution in [2.24, 2.45) is 0 Å². The molecule has 1 rings (SSSR count). The summed E-state index contributed by atoms with van der Waals surface area (Å²) in [6, 6.07) is 3.26. The number of hydrogen-bond acceptors (Lipinski definition) is 6. The van der Waals surface area contributed by atoms with E-state index in [4.69, 9.17) is 10.5 Å². The molecule has 0 aromatic heterocycles. The predicted octanol–water partition coefficient (Wildman–Crippen LogP) is 0.882. The Hall–Kier alpha value is -1.71. The van der Waals surface area contributed by atoms with Crippen LogP contribution < -0.4 is 10.5 Å². The van der Waals surface area contributed by atoms with Crippen molar-refractivity contribution in [1.29, 1.82) is 0 Å². The van der Waals surface area contributed by atoms with Gasteiger partial charge >= 0.3 is 0 Å². The fourth-order valence-corrected chi connectivity index (χ4v) is 2.73. The number of nitrogens with two attached hydrogens (primary N) is 1. The molecule has 0 saturated carbocycles. The van der Waals surface area contributed by atoms with E-state index in [1.54, 1.807) is 7.11 Å². The number of methoxy groups -OCH3 is 1. The lowest BCUT2D eigenvalue weighted by Gasteiger charge is -2.08. The lowest BCUT2D eigenvalue weighted by Crippen LogP contribution is -2.25. The van der Waals surface area contributed by atoms with Crippen LogP contribution in [0, 0.1) is 10.1 Å². The topological polar surface area (TPSA) is 125 Å². The third-order valence-electron chi connectivity index (χ3n) is 2.56. The van der Waals surface area contributed by atoms with Crippen molar-refractivity contribution in [3.8, 4) is 0 Å². The van der Waals surface area contributed by atoms with E-state index in [-0.39, 0.29) is 22.8 Å². The van der Waals surface area contributed by atoms with Gasteiger partial charge in [0.05, 0.1) is 10.6 Å². The minimum Gasteiger partial charge on any atom is -0.397 e. The largest absolute Gasteiger partial charge is 0.397 e. The van der Waals surface area contributed by atoms with Crippen molar-refractivity contribution in [3.63, 3.8) is 0 Å². The number of nitrogens with one attached hydrogen (secondary N) is 1. The Morgan fingerprint density at radius 2 is 2.10 bits per heavy atom. The molecule has 1 aromatic carbocycles. The molecule has 112 valence electrons. The van der Waals surface area contributed by atoms with Gasteiger partial charge in [0.1, 0.15) is 4.90 Å². The van der Waals surface area contributed by atoms with Crippen LogP contribution in [0.25, 0.3) is 0 Å². The molecule has 0 radical (unpaired) electrons. The Balaban J connectivity index is 2.75. The van der Waals surface area contributed by atoms with E-state index in [1.807, 2.05) is 0 Å². The molecule has 9 heteroatoms. The summed E-state index contributed by atoms with van der Waals surface area (Å²) in [7, 11) is -2.19. The van der Waals surface area contributed by atoms with Crippen molar-refractivity contribution in [2.45, 2.75) is 17.7 Å². The third kappa shape index (κ3) is 4.44. The number of hydrogen-bond donors (Lipinski definition) is 2. The van der Waals surface area contributed by atoms with Crippen LogP contribution in [-0.4, -0.2) is 33.6 Å². The molecule has 0 saturated heterocycles. The lowest BCUT2D eigenvalue weighted by molar-refractivity contribution is -0.384. The fourth-order valence-electron chi connectivity index (χ4n) is 1.55. The summed E-state index contributed by atoms with van der Waals surface area (Å²) >= 11 is 0. The fraction of sp³-hybridized carbons (Fsp3) is 0.455. The van der Waals surface area contributed by atoms with Crippen LogP contribution in [0.1, 0.15) is 12.8 Å². The first-order valence-electron chi connectivity index (χ1n) is 5.91. The molecular weight excluding hydrogens is 286 g/mol. The van der Waals surface area contributed by atoms with E-state index >= 15 is 0 Å². The molecule has 0 fully saturated rings. The maximum Gasteiger partial charge on any atom is 0.271 e. The smallest absolute Gasteiger partial charge is 0.271 e. The van der Waals surface area contributed by atoms with Crippen molar-refractivity contribution in [3.05, 3.63) is 28.3 Å². The first kappa shape index (κ1) is 16.3. The van der Waals surface area contributed by atoms with E-state index in [0.717, 1.165) is 24.6 Å². The number of nitrogen functional groups attached to an aromatic ring is 1. The van der Waals surface area contributed by atoms with Crippen LogP contribution >= 0.6 is 0 Å². The Kier molecular flexibility index (Phi) is 5.86. The Morgan fingerprint density at radius 1 is 1.40 bits per heavy atom. The monoisotopic (exact) mass is 303 g/mol. The number of nitro benzene ring substituents is 1. The molecule has 0 aliphatic heterocycles. The number of unbranched alkanes of at least 4 members (excludes halogenated alkanes) is 1. The normalized spacial score (nSPS) is 11.4. The van der Waals surface area contributed by atoms with E-state index < -0.39 is 14.9 Å². The van der Waals surface area contributed by atoms with Crippen molar-refractivity contribution >= 4 is 21.4 Å². The zero-order valence-electron chi connectivity index (χ0n) is 11.0. The van der Waals surface area contributed by atoms with Crippen LogP contribution in [0.15, 0.2) is 23.1 Å². The Morgan fingerprint density at radius 3 is 2.65 bits per heavy atom. The number of nitrogens with zero attached hydrogens (tertiary/aromatic N) is 1. The molecule has 3 N–H and O–H groups in total. The minimum absolute atomic E-state index is 0.149. The van der Waals surface area contributed by atoms with Gasteiger partial charge in [-0.1, -0.05) is 0 Å². The second-order valence-electron chi connectivity index (χ2n) is 4.08. The van der Waals surface area contributed by atoms with Crippen LogP contribution in [0.3, 0.4) is 0 Å². The number of sulfonamides is 1. The summed E-state index contributed by atoms with van der Waals surface area (Å²) in [6.45, 7) is 0.809. The van der Waals surface area contributed by atoms with Gasteiger partial charge in [0.25, 0.3) is 5.69 Å². The highest BCUT2D eigenvalue weighted by molar-refractivity contribution is 7.89. The maximum absolute atomic E-state index is 12.0. The van der Waals surface area contributed by atoms with E-state index in [1.165, 1.54) is 0 Å². The maximum atomic E-state index is 12.0. The molecule has 0 spiro atoms. The van der Waals surface area contributed by atoms with Gasteiger partial charge in [-0.15, -0.1) is 0 Å². The molecule has 20 heavy (non-hydrogen) atoms. The second kappa shape index (κ2) is 7.17. The number of anilines is 1. The molecule has 8 nitrogen and oxygen atoms in total. The number of ether oxygens (including phenoxy) is 1. The summed E-state index contributed by atoms with van der Waals surface area (Å²) in [4.78, 5) is 9.77. The van der Waals surface area contributed by atoms with Gasteiger partial charge in [-0.25, -0.2) is 13.1 Å². The average molecular weight is 303 g/mol. The minimum atomic E-state index is -3.76. The van der Waals surface area contributed by atoms with Gasteiger partial charge in [0, 0.05) is 32.4 Å². The molecule has 0 atom stereocenters. The molecule has 0 aliphatic carbocycles. The van der Waals surface area contributed by atoms with Crippen LogP contribution in [0.5, 0.6) is 0 Å². The Bertz CT molecular complexity index is 573. The van der Waals surface area contributed by atoms with Gasteiger partial charge in [0.15, 0.2) is 0 Å². The molecule has 0 heterocycles. The molecular formula is C11H17N3O5S. The summed E-state index contributed by atoms with van der Waals surface area (Å²) in [5.41, 5.74) is 5.16. The quantitative estimate of drug-likeness (QED) is 0.318. The predicted molar refractivity (Wildman–Crippen MR) is 73.8 cm³/mol. The number of rotatable bonds is 8. The molecule has 0 unspecified atom stereocenters. The molecule has 0 bridgehead atoms. The summed E-state index contributed by atoms with van der Waals surface area (Å²) < 4.78 is 31.2. The summed E-state index contributed by atoms with van der Waals surface area (Å²) in [5.74, 6) is 0. The highest BCUT2D eigenvalue weighted by atomic mass is 32.2. The first-order valence-corrected chi connectivity index (χ1v) is 7.39. The van der Waals surface area contributed by atoms with Crippen molar-refractivity contribution in [2.75, 3.05) is 26.0 Å². The number of benzene rings is 1. The molecule has 0 amide bonds. The van der Waals surface area contributed by atoms with Gasteiger partial charge in [-0.2, -0.15) is 0 Å². The highest BCUT2D eigenvalue weighted by Gasteiger charge is 2.19. The van der Waals surface area contributed by atoms with Gasteiger partial charge in [0.2, 0.25) is 10.0 Å². The van der Waals surface area contributed by atoms with Crippen LogP contribution in [-0.2, 0) is 14.8 Å². The Labute approximate surface area is 117 Å². The van der Waals surface area contributed by atoms with Crippen molar-refractivity contribution in [1.82, 2.24) is 4.72 Å². The van der Waals surface area contributed by atoms with E-state index in [9.17, 15) is 18.5 Å². The van der Waals surface area contributed by atoms with Crippen molar-refractivity contribution < 1.29 is 18.1 Å². The standard InChI is InChI=1S/C11H17N3O5S/c1-19-7-3-2-6-13-20(17,18)11-5-4-9(14(15)16)8-10(11)12/h4-5,8,13H,2-3,6-7,12H2,1H3. The lowest BCUT2D eigenvalue weighted by atomic mass is 10.3. The summed E-state index contributed by atoms with van der Waals surface area (Å²) in [6.07, 6.45) is 1.36. The first-order chi connectivity index (χ1) is 9.38. The average Bonchev–Trinajstić information content (AvgIpc) is 2.37. The highest BCUT2D eigenvalue weighted by Crippen LogP contribution is 2.23. The summed E-state index contributed by atoms with van der Waals surface area (Å²) in [5, 5.41) is 10.6. The third-order valence-corrected chi connectivity index (χ3v) is 4.10. The van der Waals surface area contributed by atoms with Gasteiger partial charge in [-0.3, -0.25) is 10.1 Å². The van der Waals surface area contributed by atoms with E-state index in [0.29, 0.717) is 13.0 Å². The van der Waals surface area contributed by atoms with Gasteiger partial charge < -0.3 is 10.5 Å². The van der Waals surface area contributed by atoms with E-state index in [2.05, 4.69) is 4.72 Å². The van der Waals surface area contributed by atoms with Crippen LogP contribution in [0.2, 0.25) is 0 Å². The number of non-ortho nitro benzene ring substituents is 1. The zero-order chi connectivity index (χ0) is 15.2. The second-order valence-corrected chi connectivity index (χ2v) is 5.81.